The Hall–Kier alpha value is -1.51. The van der Waals surface area contributed by atoms with Crippen molar-refractivity contribution in [1.82, 2.24) is 25.3 Å². The van der Waals surface area contributed by atoms with E-state index < -0.39 is 0 Å². The van der Waals surface area contributed by atoms with Crippen LogP contribution in [0.4, 0.5) is 0 Å². The molecule has 24 heavy (non-hydrogen) atoms. The van der Waals surface area contributed by atoms with Crippen molar-refractivity contribution in [3.05, 3.63) is 11.7 Å². The molecule has 2 rings (SSSR count). The summed E-state index contributed by atoms with van der Waals surface area (Å²) in [6, 6.07) is 0. The fourth-order valence-electron chi connectivity index (χ4n) is 2.74. The quantitative estimate of drug-likeness (QED) is 0.667. The lowest BCUT2D eigenvalue weighted by Gasteiger charge is -2.34. The monoisotopic (exact) mass is 339 g/mol. The van der Waals surface area contributed by atoms with E-state index in [9.17, 15) is 4.79 Å². The van der Waals surface area contributed by atoms with Gasteiger partial charge in [-0.1, -0.05) is 5.16 Å². The smallest absolute Gasteiger partial charge is 0.240 e. The number of nitrogens with one attached hydrogen (secondary N) is 1. The maximum atomic E-state index is 12.1. The maximum Gasteiger partial charge on any atom is 0.240 e. The first-order valence-electron chi connectivity index (χ1n) is 8.72. The normalized spacial score (nSPS) is 17.2. The molecule has 1 aliphatic rings. The van der Waals surface area contributed by atoms with Gasteiger partial charge in [-0.05, 0) is 33.9 Å². The molecule has 0 radical (unpaired) electrons. The predicted octanol–water partition coefficient (Wildman–Crippen LogP) is 0.811. The Labute approximate surface area is 143 Å². The first-order valence-corrected chi connectivity index (χ1v) is 8.72. The van der Waals surface area contributed by atoms with Crippen LogP contribution in [-0.4, -0.2) is 72.2 Å². The van der Waals surface area contributed by atoms with E-state index in [2.05, 4.69) is 20.4 Å². The second kappa shape index (κ2) is 9.71. The topological polar surface area (TPSA) is 83.7 Å². The summed E-state index contributed by atoms with van der Waals surface area (Å²) in [6.07, 6.45) is 1.35. The maximum absolute atomic E-state index is 12.1. The third-order valence-electron chi connectivity index (χ3n) is 4.17. The van der Waals surface area contributed by atoms with Gasteiger partial charge in [-0.3, -0.25) is 9.69 Å². The molecule has 2 heterocycles. The predicted molar refractivity (Wildman–Crippen MR) is 89.4 cm³/mol. The number of amides is 1. The lowest BCUT2D eigenvalue weighted by Crippen LogP contribution is -2.48. The zero-order valence-corrected chi connectivity index (χ0v) is 15.0. The minimum Gasteiger partial charge on any atom is -0.371 e. The van der Waals surface area contributed by atoms with Gasteiger partial charge in [0.05, 0.1) is 6.54 Å². The summed E-state index contributed by atoms with van der Waals surface area (Å²) in [5.41, 5.74) is 0. The number of ether oxygens (including phenoxy) is 1. The number of nitrogens with zero attached hydrogens (tertiary/aromatic N) is 4. The lowest BCUT2D eigenvalue weighted by molar-refractivity contribution is -0.133. The molecule has 1 saturated heterocycles. The highest BCUT2D eigenvalue weighted by molar-refractivity contribution is 5.76. The first kappa shape index (κ1) is 18.8. The first-order chi connectivity index (χ1) is 11.6. The molecule has 8 nitrogen and oxygen atoms in total. The Bertz CT molecular complexity index is 500. The number of carbonyl (C=O) groups excluding carboxylic acids is 1. The van der Waals surface area contributed by atoms with Crippen molar-refractivity contribution < 1.29 is 14.1 Å². The van der Waals surface area contributed by atoms with Gasteiger partial charge in [-0.2, -0.15) is 4.98 Å². The molecule has 0 aliphatic carbocycles. The van der Waals surface area contributed by atoms with Gasteiger partial charge in [-0.25, -0.2) is 0 Å². The third-order valence-corrected chi connectivity index (χ3v) is 4.17. The van der Waals surface area contributed by atoms with Crippen molar-refractivity contribution in [2.75, 3.05) is 46.4 Å². The average Bonchev–Trinajstić information content (AvgIpc) is 3.04. The summed E-state index contributed by atoms with van der Waals surface area (Å²) in [4.78, 5) is 20.7. The molecule has 0 saturated carbocycles. The number of hydrogen-bond donors (Lipinski definition) is 1. The zero-order valence-electron chi connectivity index (χ0n) is 15.0. The van der Waals surface area contributed by atoms with E-state index in [-0.39, 0.29) is 12.0 Å². The van der Waals surface area contributed by atoms with Crippen LogP contribution in [0, 0.1) is 0 Å². The van der Waals surface area contributed by atoms with E-state index in [0.29, 0.717) is 31.3 Å². The minimum absolute atomic E-state index is 0.153. The van der Waals surface area contributed by atoms with Crippen LogP contribution < -0.4 is 5.32 Å². The van der Waals surface area contributed by atoms with Gasteiger partial charge >= 0.3 is 0 Å². The highest BCUT2D eigenvalue weighted by Gasteiger charge is 2.22. The van der Waals surface area contributed by atoms with Crippen molar-refractivity contribution in [2.45, 2.75) is 39.3 Å². The van der Waals surface area contributed by atoms with Gasteiger partial charge < -0.3 is 19.5 Å². The second-order valence-electron chi connectivity index (χ2n) is 6.01. The van der Waals surface area contributed by atoms with Crippen LogP contribution in [0.25, 0.3) is 0 Å². The summed E-state index contributed by atoms with van der Waals surface area (Å²) >= 11 is 0. The van der Waals surface area contributed by atoms with Gasteiger partial charge in [0.25, 0.3) is 0 Å². The molecule has 1 amide bonds. The highest BCUT2D eigenvalue weighted by atomic mass is 16.5. The van der Waals surface area contributed by atoms with E-state index >= 15 is 0 Å². The van der Waals surface area contributed by atoms with Gasteiger partial charge in [0.15, 0.2) is 5.82 Å². The number of hydrogen-bond acceptors (Lipinski definition) is 7. The molecule has 1 atom stereocenters. The molecule has 1 aliphatic heterocycles. The van der Waals surface area contributed by atoms with E-state index in [0.717, 1.165) is 39.1 Å². The molecule has 1 aromatic heterocycles. The van der Waals surface area contributed by atoms with Gasteiger partial charge in [-0.15, -0.1) is 0 Å². The minimum atomic E-state index is -0.153. The number of aromatic nitrogens is 2. The summed E-state index contributed by atoms with van der Waals surface area (Å²) in [5, 5.41) is 7.04. The molecule has 1 fully saturated rings. The van der Waals surface area contributed by atoms with Gasteiger partial charge in [0.1, 0.15) is 6.10 Å². The molecule has 136 valence electrons. The summed E-state index contributed by atoms with van der Waals surface area (Å²) in [5.74, 6) is 1.44. The Morgan fingerprint density at radius 2 is 2.12 bits per heavy atom. The molecular formula is C16H29N5O3. The molecule has 0 aromatic carbocycles. The molecule has 0 bridgehead atoms. The van der Waals surface area contributed by atoms with Crippen LogP contribution >= 0.6 is 0 Å². The summed E-state index contributed by atoms with van der Waals surface area (Å²) in [7, 11) is 1.90. The molecule has 8 heteroatoms. The van der Waals surface area contributed by atoms with Crippen molar-refractivity contribution in [3.8, 4) is 0 Å². The lowest BCUT2D eigenvalue weighted by atomic mass is 10.2. The van der Waals surface area contributed by atoms with Gasteiger partial charge in [0, 0.05) is 39.2 Å². The van der Waals surface area contributed by atoms with Crippen molar-refractivity contribution in [1.29, 1.82) is 0 Å². The molecule has 1 unspecified atom stereocenters. The highest BCUT2D eigenvalue weighted by Crippen LogP contribution is 2.14. The third kappa shape index (κ3) is 5.54. The Kier molecular flexibility index (Phi) is 7.61. The van der Waals surface area contributed by atoms with Crippen LogP contribution in [0.3, 0.4) is 0 Å². The molecule has 1 N–H and O–H groups in total. The summed E-state index contributed by atoms with van der Waals surface area (Å²) in [6.45, 7) is 9.15. The second-order valence-corrected chi connectivity index (χ2v) is 6.01. The number of carbonyl (C=O) groups is 1. The standard InChI is InChI=1S/C16H29N5O3/c1-4-23-13(2)16-18-14(24-19-16)12-20-8-10-21(11-9-20)15(22)6-5-7-17-3/h13,17H,4-12H2,1-3H3. The zero-order chi connectivity index (χ0) is 17.4. The Balaban J connectivity index is 1.74. The molecule has 0 spiro atoms. The van der Waals surface area contributed by atoms with Crippen LogP contribution in [0.2, 0.25) is 0 Å². The fraction of sp³-hybridized carbons (Fsp3) is 0.812. The molecule has 1 aromatic rings. The van der Waals surface area contributed by atoms with Crippen LogP contribution in [-0.2, 0) is 16.1 Å². The fourth-order valence-corrected chi connectivity index (χ4v) is 2.74. The van der Waals surface area contributed by atoms with Crippen LogP contribution in [0.15, 0.2) is 4.52 Å². The van der Waals surface area contributed by atoms with E-state index in [1.165, 1.54) is 0 Å². The van der Waals surface area contributed by atoms with E-state index in [1.54, 1.807) is 0 Å². The van der Waals surface area contributed by atoms with Crippen molar-refractivity contribution >= 4 is 5.91 Å². The Morgan fingerprint density at radius 3 is 2.79 bits per heavy atom. The van der Waals surface area contributed by atoms with Crippen LogP contribution in [0.5, 0.6) is 0 Å². The van der Waals surface area contributed by atoms with Crippen molar-refractivity contribution in [3.63, 3.8) is 0 Å². The van der Waals surface area contributed by atoms with Crippen LogP contribution in [0.1, 0.15) is 44.5 Å². The molecular weight excluding hydrogens is 310 g/mol. The van der Waals surface area contributed by atoms with E-state index in [4.69, 9.17) is 9.26 Å². The SMILES string of the molecule is CCOC(C)c1noc(CN2CCN(C(=O)CCCNC)CC2)n1. The largest absolute Gasteiger partial charge is 0.371 e. The van der Waals surface area contributed by atoms with E-state index in [1.807, 2.05) is 25.8 Å². The average molecular weight is 339 g/mol. The summed E-state index contributed by atoms with van der Waals surface area (Å²) < 4.78 is 10.8. The van der Waals surface area contributed by atoms with Crippen molar-refractivity contribution in [2.24, 2.45) is 0 Å². The number of rotatable bonds is 9. The number of piperazine rings is 1. The van der Waals surface area contributed by atoms with Gasteiger partial charge in [0.2, 0.25) is 11.8 Å². The Morgan fingerprint density at radius 1 is 1.38 bits per heavy atom.